The topological polar surface area (TPSA) is 155 Å². The minimum Gasteiger partial charge on any atom is -0.491 e. The minimum atomic E-state index is -0.795. The lowest BCUT2D eigenvalue weighted by molar-refractivity contribution is 0.0958. The second kappa shape index (κ2) is 8.93. The van der Waals surface area contributed by atoms with Crippen LogP contribution in [0.5, 0.6) is 5.75 Å². The molecule has 1 amide bonds. The molecule has 1 aromatic carbocycles. The number of primary amides is 1. The SMILES string of the molecule is COCCOc1cc(-c2noc(C(N)=O)n2)cc(-c2cnc(C=CCN)[nH]2)c1. The maximum atomic E-state index is 11.2. The van der Waals surface area contributed by atoms with Crippen LogP contribution in [0.15, 0.2) is 35.0 Å². The average Bonchev–Trinajstić information content (AvgIpc) is 3.36. The molecule has 0 aliphatic carbocycles. The number of methoxy groups -OCH3 is 1. The molecule has 0 radical (unpaired) electrons. The van der Waals surface area contributed by atoms with Gasteiger partial charge in [0.2, 0.25) is 5.82 Å². The van der Waals surface area contributed by atoms with Crippen LogP contribution in [0.2, 0.25) is 0 Å². The summed E-state index contributed by atoms with van der Waals surface area (Å²) < 4.78 is 15.6. The van der Waals surface area contributed by atoms with E-state index in [4.69, 9.17) is 25.5 Å². The number of aromatic amines is 1. The van der Waals surface area contributed by atoms with Crippen LogP contribution in [0.25, 0.3) is 28.7 Å². The monoisotopic (exact) mass is 384 g/mol. The van der Waals surface area contributed by atoms with Gasteiger partial charge in [0, 0.05) is 24.8 Å². The van der Waals surface area contributed by atoms with Gasteiger partial charge in [0.25, 0.3) is 0 Å². The first-order valence-corrected chi connectivity index (χ1v) is 8.43. The molecule has 0 fully saturated rings. The van der Waals surface area contributed by atoms with Gasteiger partial charge in [-0.1, -0.05) is 11.2 Å². The Balaban J connectivity index is 1.98. The van der Waals surface area contributed by atoms with Crippen LogP contribution in [0, 0.1) is 0 Å². The van der Waals surface area contributed by atoms with Crippen LogP contribution >= 0.6 is 0 Å². The maximum absolute atomic E-state index is 11.2. The van der Waals surface area contributed by atoms with Crippen molar-refractivity contribution in [3.63, 3.8) is 0 Å². The summed E-state index contributed by atoms with van der Waals surface area (Å²) >= 11 is 0. The predicted octanol–water partition coefficient (Wildman–Crippen LogP) is 1.22. The molecule has 0 aliphatic rings. The first-order valence-electron chi connectivity index (χ1n) is 8.43. The Bertz CT molecular complexity index is 978. The molecule has 0 atom stereocenters. The van der Waals surface area contributed by atoms with Crippen LogP contribution < -0.4 is 16.2 Å². The number of carbonyl (C=O) groups excluding carboxylic acids is 1. The van der Waals surface area contributed by atoms with Gasteiger partial charge in [-0.3, -0.25) is 4.79 Å². The first-order chi connectivity index (χ1) is 13.6. The Morgan fingerprint density at radius 1 is 1.29 bits per heavy atom. The molecule has 0 aliphatic heterocycles. The van der Waals surface area contributed by atoms with Gasteiger partial charge in [-0.05, 0) is 24.3 Å². The molecular weight excluding hydrogens is 364 g/mol. The lowest BCUT2D eigenvalue weighted by Gasteiger charge is -2.09. The van der Waals surface area contributed by atoms with E-state index in [1.54, 1.807) is 31.5 Å². The number of nitrogens with zero attached hydrogens (tertiary/aromatic N) is 3. The summed E-state index contributed by atoms with van der Waals surface area (Å²) in [4.78, 5) is 22.7. The highest BCUT2D eigenvalue weighted by molar-refractivity contribution is 5.88. The summed E-state index contributed by atoms with van der Waals surface area (Å²) in [6.07, 6.45) is 5.28. The van der Waals surface area contributed by atoms with E-state index in [1.165, 1.54) is 0 Å². The second-order valence-electron chi connectivity index (χ2n) is 5.69. The van der Waals surface area contributed by atoms with E-state index >= 15 is 0 Å². The molecule has 0 bridgehead atoms. The van der Waals surface area contributed by atoms with Crippen LogP contribution in [-0.2, 0) is 4.74 Å². The average molecular weight is 384 g/mol. The maximum Gasteiger partial charge on any atom is 0.316 e. The van der Waals surface area contributed by atoms with Crippen molar-refractivity contribution in [2.75, 3.05) is 26.9 Å². The molecule has 0 spiro atoms. The van der Waals surface area contributed by atoms with Gasteiger partial charge in [0.15, 0.2) is 0 Å². The number of rotatable bonds is 9. The van der Waals surface area contributed by atoms with Gasteiger partial charge in [-0.15, -0.1) is 0 Å². The third kappa shape index (κ3) is 4.61. The highest BCUT2D eigenvalue weighted by Gasteiger charge is 2.15. The Hall–Kier alpha value is -3.50. The number of amides is 1. The molecular formula is C18H20N6O4. The van der Waals surface area contributed by atoms with Crippen molar-refractivity contribution in [1.82, 2.24) is 20.1 Å². The lowest BCUT2D eigenvalue weighted by atomic mass is 10.1. The number of carbonyl (C=O) groups is 1. The van der Waals surface area contributed by atoms with Crippen LogP contribution in [-0.4, -0.2) is 52.9 Å². The molecule has 2 heterocycles. The second-order valence-corrected chi connectivity index (χ2v) is 5.69. The van der Waals surface area contributed by atoms with Crippen LogP contribution in [0.1, 0.15) is 16.5 Å². The van der Waals surface area contributed by atoms with E-state index in [0.717, 1.165) is 11.3 Å². The van der Waals surface area contributed by atoms with E-state index in [9.17, 15) is 4.79 Å². The highest BCUT2D eigenvalue weighted by atomic mass is 16.5. The number of nitrogens with two attached hydrogens (primary N) is 2. The zero-order chi connectivity index (χ0) is 19.9. The standard InChI is InChI=1S/C18H20N6O4/c1-26-5-6-27-13-8-11(14-10-21-15(22-14)3-2-4-19)7-12(9-13)17-23-18(16(20)25)28-24-17/h2-3,7-10H,4-6,19H2,1H3,(H2,20,25)(H,21,22). The molecule has 0 saturated carbocycles. The molecule has 3 aromatic rings. The van der Waals surface area contributed by atoms with Crippen molar-refractivity contribution >= 4 is 12.0 Å². The van der Waals surface area contributed by atoms with E-state index in [0.29, 0.717) is 36.9 Å². The quantitative estimate of drug-likeness (QED) is 0.465. The van der Waals surface area contributed by atoms with Gasteiger partial charge in [0.05, 0.1) is 18.5 Å². The fraction of sp³-hybridized carbons (Fsp3) is 0.222. The largest absolute Gasteiger partial charge is 0.491 e. The smallest absolute Gasteiger partial charge is 0.316 e. The summed E-state index contributed by atoms with van der Waals surface area (Å²) in [7, 11) is 1.59. The number of benzene rings is 1. The van der Waals surface area contributed by atoms with Gasteiger partial charge in [-0.25, -0.2) is 4.98 Å². The fourth-order valence-electron chi connectivity index (χ4n) is 2.40. The molecule has 5 N–H and O–H groups in total. The van der Waals surface area contributed by atoms with Crippen molar-refractivity contribution < 1.29 is 18.8 Å². The summed E-state index contributed by atoms with van der Waals surface area (Å²) in [5.41, 5.74) is 12.8. The van der Waals surface area contributed by atoms with Crippen molar-refractivity contribution in [3.05, 3.63) is 42.2 Å². The summed E-state index contributed by atoms with van der Waals surface area (Å²) in [6.45, 7) is 1.22. The molecule has 0 unspecified atom stereocenters. The van der Waals surface area contributed by atoms with Gasteiger partial charge in [-0.2, -0.15) is 4.98 Å². The van der Waals surface area contributed by atoms with Gasteiger partial charge >= 0.3 is 11.8 Å². The number of hydrogen-bond donors (Lipinski definition) is 3. The predicted molar refractivity (Wildman–Crippen MR) is 101 cm³/mol. The molecule has 10 nitrogen and oxygen atoms in total. The third-order valence-corrected chi connectivity index (χ3v) is 3.68. The van der Waals surface area contributed by atoms with Crippen molar-refractivity contribution in [2.24, 2.45) is 11.5 Å². The Morgan fingerprint density at radius 3 is 2.82 bits per heavy atom. The number of H-pyrrole nitrogens is 1. The van der Waals surface area contributed by atoms with E-state index in [1.807, 2.05) is 12.1 Å². The Kier molecular flexibility index (Phi) is 6.14. The Morgan fingerprint density at radius 2 is 2.11 bits per heavy atom. The summed E-state index contributed by atoms with van der Waals surface area (Å²) in [5.74, 6) is 0.399. The fourth-order valence-corrected chi connectivity index (χ4v) is 2.40. The van der Waals surface area contributed by atoms with Crippen LogP contribution in [0.4, 0.5) is 0 Å². The van der Waals surface area contributed by atoms with Crippen LogP contribution in [0.3, 0.4) is 0 Å². The van der Waals surface area contributed by atoms with E-state index in [-0.39, 0.29) is 11.7 Å². The molecule has 3 rings (SSSR count). The molecule has 28 heavy (non-hydrogen) atoms. The molecule has 146 valence electrons. The van der Waals surface area contributed by atoms with Crippen molar-refractivity contribution in [2.45, 2.75) is 0 Å². The number of hydrogen-bond acceptors (Lipinski definition) is 8. The zero-order valence-electron chi connectivity index (χ0n) is 15.2. The molecule has 10 heteroatoms. The van der Waals surface area contributed by atoms with Crippen molar-refractivity contribution in [3.8, 4) is 28.4 Å². The van der Waals surface area contributed by atoms with E-state index in [2.05, 4.69) is 20.1 Å². The summed E-state index contributed by atoms with van der Waals surface area (Å²) in [6, 6.07) is 5.40. The normalized spacial score (nSPS) is 11.2. The third-order valence-electron chi connectivity index (χ3n) is 3.68. The van der Waals surface area contributed by atoms with Crippen molar-refractivity contribution in [1.29, 1.82) is 0 Å². The minimum absolute atomic E-state index is 0.218. The lowest BCUT2D eigenvalue weighted by Crippen LogP contribution is -2.11. The van der Waals surface area contributed by atoms with E-state index < -0.39 is 5.91 Å². The Labute approximate surface area is 160 Å². The van der Waals surface area contributed by atoms with Gasteiger partial charge < -0.3 is 30.4 Å². The number of ether oxygens (including phenoxy) is 2. The zero-order valence-corrected chi connectivity index (χ0v) is 15.2. The highest BCUT2D eigenvalue weighted by Crippen LogP contribution is 2.30. The molecule has 2 aromatic heterocycles. The number of imidazole rings is 1. The summed E-state index contributed by atoms with van der Waals surface area (Å²) in [5, 5.41) is 3.81. The number of aromatic nitrogens is 4. The molecule has 0 saturated heterocycles. The number of nitrogens with one attached hydrogen (secondary N) is 1. The van der Waals surface area contributed by atoms with Gasteiger partial charge in [0.1, 0.15) is 18.2 Å². The first kappa shape index (κ1) is 19.3.